The number of benzene rings is 2. The summed E-state index contributed by atoms with van der Waals surface area (Å²) in [6.07, 6.45) is 3.35. The summed E-state index contributed by atoms with van der Waals surface area (Å²) >= 11 is 0. The van der Waals surface area contributed by atoms with Crippen LogP contribution in [0, 0.1) is 0 Å². The maximum absolute atomic E-state index is 12.2. The molecule has 0 aliphatic carbocycles. The Labute approximate surface area is 133 Å². The average Bonchev–Trinajstić information content (AvgIpc) is 3.15. The van der Waals surface area contributed by atoms with Gasteiger partial charge in [0.25, 0.3) is 5.91 Å². The predicted octanol–water partition coefficient (Wildman–Crippen LogP) is 1.70. The van der Waals surface area contributed by atoms with Gasteiger partial charge in [-0.05, 0) is 29.8 Å². The Bertz CT molecular complexity index is 753. The smallest absolute Gasteiger partial charge is 0.251 e. The minimum atomic E-state index is -0.227. The highest BCUT2D eigenvalue weighted by atomic mass is 16.1. The van der Waals surface area contributed by atoms with Gasteiger partial charge in [-0.2, -0.15) is 0 Å². The van der Waals surface area contributed by atoms with Crippen LogP contribution >= 0.6 is 0 Å². The zero-order valence-electron chi connectivity index (χ0n) is 12.5. The lowest BCUT2D eigenvalue weighted by Crippen LogP contribution is -2.31. The Morgan fingerprint density at radius 2 is 1.87 bits per heavy atom. The molecule has 0 fully saturated rings. The van der Waals surface area contributed by atoms with E-state index in [1.807, 2.05) is 42.5 Å². The minimum absolute atomic E-state index is 0.151. The molecule has 0 saturated heterocycles. The summed E-state index contributed by atoms with van der Waals surface area (Å²) in [6.45, 7) is 0.383. The van der Waals surface area contributed by atoms with Crippen molar-refractivity contribution in [1.29, 1.82) is 0 Å². The molecular weight excluding hydrogens is 290 g/mol. The number of amides is 1. The maximum atomic E-state index is 12.2. The van der Waals surface area contributed by atoms with Gasteiger partial charge in [0, 0.05) is 18.2 Å². The summed E-state index contributed by atoms with van der Waals surface area (Å²) in [4.78, 5) is 12.2. The average molecular weight is 307 g/mol. The van der Waals surface area contributed by atoms with E-state index in [0.29, 0.717) is 12.1 Å². The van der Waals surface area contributed by atoms with E-state index in [1.165, 1.54) is 0 Å². The summed E-state index contributed by atoms with van der Waals surface area (Å²) in [5, 5.41) is 10.5. The molecule has 3 rings (SSSR count). The predicted molar refractivity (Wildman–Crippen MR) is 87.1 cm³/mol. The van der Waals surface area contributed by atoms with E-state index >= 15 is 0 Å². The summed E-state index contributed by atoms with van der Waals surface area (Å²) in [5.74, 6) is -0.151. The van der Waals surface area contributed by atoms with Crippen LogP contribution in [0.15, 0.2) is 67.0 Å². The highest BCUT2D eigenvalue weighted by molar-refractivity contribution is 5.94. The SMILES string of the molecule is N[C@@H](CNC(=O)c1ccc(-n2ccnn2)cc1)c1ccccc1. The monoisotopic (exact) mass is 307 g/mol. The van der Waals surface area contributed by atoms with Gasteiger partial charge in [-0.3, -0.25) is 4.79 Å². The van der Waals surface area contributed by atoms with Crippen LogP contribution in [-0.2, 0) is 0 Å². The highest BCUT2D eigenvalue weighted by Crippen LogP contribution is 2.10. The molecule has 6 nitrogen and oxygen atoms in total. The first-order valence-corrected chi connectivity index (χ1v) is 7.29. The van der Waals surface area contributed by atoms with E-state index in [1.54, 1.807) is 29.2 Å². The number of hydrogen-bond donors (Lipinski definition) is 2. The lowest BCUT2D eigenvalue weighted by Gasteiger charge is -2.13. The van der Waals surface area contributed by atoms with Crippen molar-refractivity contribution >= 4 is 5.91 Å². The minimum Gasteiger partial charge on any atom is -0.350 e. The second-order valence-electron chi connectivity index (χ2n) is 5.12. The van der Waals surface area contributed by atoms with Gasteiger partial charge in [0.1, 0.15) is 0 Å². The molecule has 23 heavy (non-hydrogen) atoms. The van der Waals surface area contributed by atoms with Crippen LogP contribution < -0.4 is 11.1 Å². The van der Waals surface area contributed by atoms with E-state index in [2.05, 4.69) is 15.6 Å². The van der Waals surface area contributed by atoms with Crippen molar-refractivity contribution in [3.63, 3.8) is 0 Å². The third kappa shape index (κ3) is 3.61. The van der Waals surface area contributed by atoms with Crippen LogP contribution in [0.1, 0.15) is 22.0 Å². The Morgan fingerprint density at radius 3 is 2.52 bits per heavy atom. The first kappa shape index (κ1) is 14.9. The van der Waals surface area contributed by atoms with Crippen molar-refractivity contribution in [3.05, 3.63) is 78.1 Å². The van der Waals surface area contributed by atoms with Gasteiger partial charge in [0.05, 0.1) is 18.1 Å². The van der Waals surface area contributed by atoms with Crippen molar-refractivity contribution in [2.75, 3.05) is 6.54 Å². The lowest BCUT2D eigenvalue weighted by atomic mass is 10.1. The molecule has 1 atom stereocenters. The molecule has 3 N–H and O–H groups in total. The second kappa shape index (κ2) is 6.85. The fourth-order valence-corrected chi connectivity index (χ4v) is 2.23. The summed E-state index contributed by atoms with van der Waals surface area (Å²) in [5.41, 5.74) is 8.50. The number of nitrogens with one attached hydrogen (secondary N) is 1. The highest BCUT2D eigenvalue weighted by Gasteiger charge is 2.09. The van der Waals surface area contributed by atoms with Crippen molar-refractivity contribution in [3.8, 4) is 5.69 Å². The molecule has 2 aromatic carbocycles. The number of carbonyl (C=O) groups is 1. The summed E-state index contributed by atoms with van der Waals surface area (Å²) in [6, 6.07) is 16.6. The quantitative estimate of drug-likeness (QED) is 0.751. The number of aromatic nitrogens is 3. The largest absolute Gasteiger partial charge is 0.350 e. The van der Waals surface area contributed by atoms with Crippen molar-refractivity contribution in [2.45, 2.75) is 6.04 Å². The second-order valence-corrected chi connectivity index (χ2v) is 5.12. The molecule has 0 unspecified atom stereocenters. The fraction of sp³-hybridized carbons (Fsp3) is 0.118. The van der Waals surface area contributed by atoms with Gasteiger partial charge in [0.15, 0.2) is 0 Å². The van der Waals surface area contributed by atoms with Gasteiger partial charge in [-0.15, -0.1) is 5.10 Å². The molecule has 0 saturated carbocycles. The molecule has 0 aliphatic rings. The van der Waals surface area contributed by atoms with E-state index in [0.717, 1.165) is 11.3 Å². The molecule has 3 aromatic rings. The molecule has 116 valence electrons. The summed E-state index contributed by atoms with van der Waals surface area (Å²) < 4.78 is 1.63. The van der Waals surface area contributed by atoms with Crippen molar-refractivity contribution in [1.82, 2.24) is 20.3 Å². The third-order valence-corrected chi connectivity index (χ3v) is 3.53. The van der Waals surface area contributed by atoms with Crippen LogP contribution in [0.4, 0.5) is 0 Å². The molecule has 0 bridgehead atoms. The first-order chi connectivity index (χ1) is 11.2. The van der Waals surface area contributed by atoms with E-state index in [9.17, 15) is 4.79 Å². The molecule has 0 spiro atoms. The van der Waals surface area contributed by atoms with Crippen molar-refractivity contribution < 1.29 is 4.79 Å². The number of nitrogens with zero attached hydrogens (tertiary/aromatic N) is 3. The van der Waals surface area contributed by atoms with Gasteiger partial charge in [0.2, 0.25) is 0 Å². The molecule has 1 heterocycles. The van der Waals surface area contributed by atoms with E-state index in [4.69, 9.17) is 5.73 Å². The Kier molecular flexibility index (Phi) is 4.44. The number of rotatable bonds is 5. The van der Waals surface area contributed by atoms with E-state index < -0.39 is 0 Å². The van der Waals surface area contributed by atoms with Crippen LogP contribution in [0.5, 0.6) is 0 Å². The zero-order valence-corrected chi connectivity index (χ0v) is 12.5. The topological polar surface area (TPSA) is 85.8 Å². The standard InChI is InChI=1S/C17H17N5O/c18-16(13-4-2-1-3-5-13)12-19-17(23)14-6-8-15(9-7-14)22-11-10-20-21-22/h1-11,16H,12,18H2,(H,19,23)/t16-/m0/s1. The van der Waals surface area contributed by atoms with Crippen molar-refractivity contribution in [2.24, 2.45) is 5.73 Å². The summed E-state index contributed by atoms with van der Waals surface area (Å²) in [7, 11) is 0. The molecule has 1 amide bonds. The van der Waals surface area contributed by atoms with Gasteiger partial charge in [-0.25, -0.2) is 4.68 Å². The lowest BCUT2D eigenvalue weighted by molar-refractivity contribution is 0.0951. The first-order valence-electron chi connectivity index (χ1n) is 7.29. The zero-order chi connectivity index (χ0) is 16.1. The van der Waals surface area contributed by atoms with Crippen LogP contribution in [0.2, 0.25) is 0 Å². The van der Waals surface area contributed by atoms with Crippen LogP contribution in [0.25, 0.3) is 5.69 Å². The normalized spacial score (nSPS) is 11.9. The number of nitrogens with two attached hydrogens (primary N) is 1. The number of hydrogen-bond acceptors (Lipinski definition) is 4. The number of carbonyl (C=O) groups excluding carboxylic acids is 1. The Balaban J connectivity index is 1.60. The van der Waals surface area contributed by atoms with Gasteiger partial charge in [-0.1, -0.05) is 35.5 Å². The van der Waals surface area contributed by atoms with Crippen LogP contribution in [-0.4, -0.2) is 27.4 Å². The molecular formula is C17H17N5O. The van der Waals surface area contributed by atoms with E-state index in [-0.39, 0.29) is 11.9 Å². The Morgan fingerprint density at radius 1 is 1.13 bits per heavy atom. The van der Waals surface area contributed by atoms with Gasteiger partial charge < -0.3 is 11.1 Å². The fourth-order valence-electron chi connectivity index (χ4n) is 2.23. The third-order valence-electron chi connectivity index (χ3n) is 3.53. The molecule has 6 heteroatoms. The molecule has 0 radical (unpaired) electrons. The maximum Gasteiger partial charge on any atom is 0.251 e. The van der Waals surface area contributed by atoms with Gasteiger partial charge >= 0.3 is 0 Å². The molecule has 1 aromatic heterocycles. The molecule has 0 aliphatic heterocycles. The van der Waals surface area contributed by atoms with Crippen LogP contribution in [0.3, 0.4) is 0 Å². The Hall–Kier alpha value is -2.99.